The molecule has 0 spiro atoms. The fraction of sp³-hybridized carbons (Fsp3) is 0.625. The van der Waals surface area contributed by atoms with Crippen molar-refractivity contribution in [2.45, 2.75) is 70.9 Å². The van der Waals surface area contributed by atoms with Gasteiger partial charge >= 0.3 is 0 Å². The molecule has 6 nitrogen and oxygen atoms in total. The summed E-state index contributed by atoms with van der Waals surface area (Å²) < 4.78 is 0. The quantitative estimate of drug-likeness (QED) is 0.662. The van der Waals surface area contributed by atoms with Crippen molar-refractivity contribution in [1.29, 1.82) is 0 Å². The Morgan fingerprint density at radius 2 is 1.67 bits per heavy atom. The molecule has 2 saturated carbocycles. The largest absolute Gasteiger partial charge is 0.349 e. The number of rotatable bonds is 4. The van der Waals surface area contributed by atoms with Gasteiger partial charge in [-0.2, -0.15) is 0 Å². The highest BCUT2D eigenvalue weighted by molar-refractivity contribution is 6.22. The maximum Gasteiger partial charge on any atom is 0.258 e. The lowest BCUT2D eigenvalue weighted by Gasteiger charge is -2.38. The Balaban J connectivity index is 1.31. The third-order valence-corrected chi connectivity index (χ3v) is 7.60. The van der Waals surface area contributed by atoms with E-state index in [9.17, 15) is 14.4 Å². The summed E-state index contributed by atoms with van der Waals surface area (Å²) in [6.07, 6.45) is 8.22. The zero-order chi connectivity index (χ0) is 21.4. The second kappa shape index (κ2) is 8.50. The first-order valence-corrected chi connectivity index (χ1v) is 11.4. The molecule has 1 heterocycles. The van der Waals surface area contributed by atoms with Crippen LogP contribution >= 0.6 is 0 Å². The van der Waals surface area contributed by atoms with Crippen LogP contribution in [0, 0.1) is 23.7 Å². The minimum atomic E-state index is -0.434. The number of carbonyl (C=O) groups is 3. The third-order valence-electron chi connectivity index (χ3n) is 7.60. The van der Waals surface area contributed by atoms with Gasteiger partial charge in [-0.15, -0.1) is 0 Å². The summed E-state index contributed by atoms with van der Waals surface area (Å²) >= 11 is 0. The Labute approximate surface area is 178 Å². The zero-order valence-corrected chi connectivity index (χ0v) is 17.9. The van der Waals surface area contributed by atoms with E-state index in [0.29, 0.717) is 29.0 Å². The van der Waals surface area contributed by atoms with E-state index in [4.69, 9.17) is 5.73 Å². The first-order chi connectivity index (χ1) is 14.3. The first-order valence-electron chi connectivity index (χ1n) is 11.4. The molecule has 4 rings (SSSR count). The van der Waals surface area contributed by atoms with Gasteiger partial charge in [0, 0.05) is 17.6 Å². The SMILES string of the molecule is CC1CC(CC2CCC(NC(=O)c3ccc4c(c3)C(=O)NC4=O)C(C)C2)CCC1N. The molecule has 0 radical (unpaired) electrons. The van der Waals surface area contributed by atoms with Crippen molar-refractivity contribution in [1.82, 2.24) is 10.6 Å². The monoisotopic (exact) mass is 411 g/mol. The predicted octanol–water partition coefficient (Wildman–Crippen LogP) is 3.26. The van der Waals surface area contributed by atoms with Gasteiger partial charge in [0.15, 0.2) is 0 Å². The number of benzene rings is 1. The molecule has 2 aliphatic carbocycles. The van der Waals surface area contributed by atoms with Crippen LogP contribution in [0.3, 0.4) is 0 Å². The van der Waals surface area contributed by atoms with Crippen LogP contribution < -0.4 is 16.4 Å². The second-order valence-corrected chi connectivity index (χ2v) is 9.84. The van der Waals surface area contributed by atoms with Crippen molar-refractivity contribution in [3.05, 3.63) is 34.9 Å². The summed E-state index contributed by atoms with van der Waals surface area (Å²) in [5, 5.41) is 5.43. The molecular formula is C24H33N3O3. The topological polar surface area (TPSA) is 101 Å². The molecule has 30 heavy (non-hydrogen) atoms. The molecule has 1 aromatic rings. The third kappa shape index (κ3) is 4.29. The number of hydrogen-bond donors (Lipinski definition) is 3. The lowest BCUT2D eigenvalue weighted by atomic mass is 9.71. The zero-order valence-electron chi connectivity index (χ0n) is 17.9. The number of amides is 3. The summed E-state index contributed by atoms with van der Waals surface area (Å²) in [6.45, 7) is 4.51. The first kappa shape index (κ1) is 21.0. The molecule has 162 valence electrons. The van der Waals surface area contributed by atoms with Gasteiger partial charge in [0.25, 0.3) is 17.7 Å². The van der Waals surface area contributed by atoms with Gasteiger partial charge in [-0.3, -0.25) is 19.7 Å². The fourth-order valence-corrected chi connectivity index (χ4v) is 5.71. The van der Waals surface area contributed by atoms with Crippen LogP contribution in [-0.4, -0.2) is 29.8 Å². The number of fused-ring (bicyclic) bond motifs is 1. The van der Waals surface area contributed by atoms with E-state index in [2.05, 4.69) is 24.5 Å². The minimum Gasteiger partial charge on any atom is -0.349 e. The number of carbonyl (C=O) groups excluding carboxylic acids is 3. The summed E-state index contributed by atoms with van der Waals surface area (Å²) in [5.74, 6) is 1.57. The summed E-state index contributed by atoms with van der Waals surface area (Å²) in [4.78, 5) is 36.3. The molecule has 6 heteroatoms. The van der Waals surface area contributed by atoms with Gasteiger partial charge in [-0.05, 0) is 86.8 Å². The van der Waals surface area contributed by atoms with Crippen molar-refractivity contribution < 1.29 is 14.4 Å². The van der Waals surface area contributed by atoms with Gasteiger partial charge in [0.05, 0.1) is 11.1 Å². The Morgan fingerprint density at radius 3 is 2.37 bits per heavy atom. The van der Waals surface area contributed by atoms with Crippen LogP contribution in [-0.2, 0) is 0 Å². The normalized spacial score (nSPS) is 33.7. The molecule has 3 aliphatic rings. The molecule has 4 N–H and O–H groups in total. The maximum absolute atomic E-state index is 12.8. The maximum atomic E-state index is 12.8. The van der Waals surface area contributed by atoms with Crippen LogP contribution in [0.2, 0.25) is 0 Å². The molecule has 0 aromatic heterocycles. The van der Waals surface area contributed by atoms with Crippen LogP contribution in [0.4, 0.5) is 0 Å². The highest BCUT2D eigenvalue weighted by atomic mass is 16.2. The van der Waals surface area contributed by atoms with Crippen LogP contribution in [0.25, 0.3) is 0 Å². The van der Waals surface area contributed by atoms with Gasteiger partial charge in [0.1, 0.15) is 0 Å². The molecule has 1 aliphatic heterocycles. The van der Waals surface area contributed by atoms with Gasteiger partial charge in [-0.25, -0.2) is 0 Å². The Bertz CT molecular complexity index is 852. The molecule has 0 saturated heterocycles. The number of imide groups is 1. The summed E-state index contributed by atoms with van der Waals surface area (Å²) in [5.41, 5.74) is 7.22. The van der Waals surface area contributed by atoms with Crippen molar-refractivity contribution >= 4 is 17.7 Å². The molecule has 3 amide bonds. The van der Waals surface area contributed by atoms with Crippen LogP contribution in [0.15, 0.2) is 18.2 Å². The van der Waals surface area contributed by atoms with E-state index in [0.717, 1.165) is 37.5 Å². The Hall–Kier alpha value is -2.21. The smallest absolute Gasteiger partial charge is 0.258 e. The molecule has 1 aromatic carbocycles. The number of hydrogen-bond acceptors (Lipinski definition) is 4. The average Bonchev–Trinajstić information content (AvgIpc) is 3.00. The summed E-state index contributed by atoms with van der Waals surface area (Å²) in [7, 11) is 0. The van der Waals surface area contributed by atoms with Crippen LogP contribution in [0.1, 0.15) is 89.9 Å². The van der Waals surface area contributed by atoms with E-state index in [1.165, 1.54) is 25.3 Å². The van der Waals surface area contributed by atoms with E-state index in [-0.39, 0.29) is 17.5 Å². The summed E-state index contributed by atoms with van der Waals surface area (Å²) in [6, 6.07) is 5.22. The van der Waals surface area contributed by atoms with Gasteiger partial charge in [0.2, 0.25) is 0 Å². The molecule has 0 bridgehead atoms. The average molecular weight is 412 g/mol. The fourth-order valence-electron chi connectivity index (χ4n) is 5.71. The molecular weight excluding hydrogens is 378 g/mol. The lowest BCUT2D eigenvalue weighted by Crippen LogP contribution is -2.43. The van der Waals surface area contributed by atoms with E-state index in [1.807, 2.05) is 0 Å². The Morgan fingerprint density at radius 1 is 1.00 bits per heavy atom. The van der Waals surface area contributed by atoms with Crippen molar-refractivity contribution in [3.8, 4) is 0 Å². The molecule has 2 fully saturated rings. The van der Waals surface area contributed by atoms with E-state index >= 15 is 0 Å². The second-order valence-electron chi connectivity index (χ2n) is 9.84. The van der Waals surface area contributed by atoms with E-state index in [1.54, 1.807) is 12.1 Å². The number of nitrogens with two attached hydrogens (primary N) is 1. The van der Waals surface area contributed by atoms with Crippen molar-refractivity contribution in [2.75, 3.05) is 0 Å². The van der Waals surface area contributed by atoms with Gasteiger partial charge < -0.3 is 11.1 Å². The van der Waals surface area contributed by atoms with E-state index < -0.39 is 11.8 Å². The molecule has 6 atom stereocenters. The number of nitrogens with one attached hydrogen (secondary N) is 2. The predicted molar refractivity (Wildman–Crippen MR) is 115 cm³/mol. The standard InChI is InChI=1S/C24H33N3O3/c1-13-9-15(3-7-20(13)25)11-16-4-8-21(14(2)10-16)26-22(28)17-5-6-18-19(12-17)24(30)27-23(18)29/h5-6,12-16,20-21H,3-4,7-11,25H2,1-2H3,(H,26,28)(H,27,29,30). The van der Waals surface area contributed by atoms with Gasteiger partial charge in [-0.1, -0.05) is 13.8 Å². The highest BCUT2D eigenvalue weighted by Gasteiger charge is 2.33. The van der Waals surface area contributed by atoms with Crippen molar-refractivity contribution in [3.63, 3.8) is 0 Å². The highest BCUT2D eigenvalue weighted by Crippen LogP contribution is 2.38. The van der Waals surface area contributed by atoms with Crippen LogP contribution in [0.5, 0.6) is 0 Å². The minimum absolute atomic E-state index is 0.149. The Kier molecular flexibility index (Phi) is 5.96. The van der Waals surface area contributed by atoms with Crippen molar-refractivity contribution in [2.24, 2.45) is 29.4 Å². The lowest BCUT2D eigenvalue weighted by molar-refractivity contribution is 0.0873. The molecule has 6 unspecified atom stereocenters.